The van der Waals surface area contributed by atoms with Crippen LogP contribution >= 0.6 is 0 Å². The topological polar surface area (TPSA) is 24.5 Å². The molecule has 1 aliphatic rings. The highest BCUT2D eigenvalue weighted by molar-refractivity contribution is 4.87. The summed E-state index contributed by atoms with van der Waals surface area (Å²) in [6.07, 6.45) is 5.01. The third kappa shape index (κ3) is 4.94. The molecule has 3 nitrogen and oxygen atoms in total. The van der Waals surface area contributed by atoms with E-state index in [2.05, 4.69) is 24.1 Å². The third-order valence-electron chi connectivity index (χ3n) is 3.75. The Hall–Kier alpha value is -0.120. The number of piperidine rings is 1. The summed E-state index contributed by atoms with van der Waals surface area (Å²) >= 11 is 0. The predicted octanol–water partition coefficient (Wildman–Crippen LogP) is 2.12. The molecule has 0 spiro atoms. The van der Waals surface area contributed by atoms with Crippen molar-refractivity contribution in [1.29, 1.82) is 0 Å². The van der Waals surface area contributed by atoms with Crippen molar-refractivity contribution in [2.24, 2.45) is 5.41 Å². The quantitative estimate of drug-likeness (QED) is 0.705. The van der Waals surface area contributed by atoms with Gasteiger partial charge in [0.2, 0.25) is 0 Å². The Balaban J connectivity index is 2.55. The summed E-state index contributed by atoms with van der Waals surface area (Å²) in [7, 11) is 1.84. The van der Waals surface area contributed by atoms with Gasteiger partial charge in [-0.2, -0.15) is 0 Å². The molecule has 0 unspecified atom stereocenters. The Kier molecular flexibility index (Phi) is 7.09. The SMILES string of the molecule is CCCN(CCC)CC1(COC)CCNCC1. The predicted molar refractivity (Wildman–Crippen MR) is 73.4 cm³/mol. The van der Waals surface area contributed by atoms with Crippen LogP contribution in [0.5, 0.6) is 0 Å². The molecule has 0 atom stereocenters. The molecule has 0 radical (unpaired) electrons. The van der Waals surface area contributed by atoms with Gasteiger partial charge in [0.05, 0.1) is 6.61 Å². The highest BCUT2D eigenvalue weighted by Gasteiger charge is 2.33. The molecular formula is C14H30N2O. The van der Waals surface area contributed by atoms with Crippen LogP contribution in [0.15, 0.2) is 0 Å². The van der Waals surface area contributed by atoms with Crippen LogP contribution in [-0.2, 0) is 4.74 Å². The van der Waals surface area contributed by atoms with Crippen molar-refractivity contribution in [1.82, 2.24) is 10.2 Å². The van der Waals surface area contributed by atoms with E-state index in [1.165, 1.54) is 45.3 Å². The average molecular weight is 242 g/mol. The molecule has 0 aromatic rings. The van der Waals surface area contributed by atoms with Gasteiger partial charge in [-0.25, -0.2) is 0 Å². The summed E-state index contributed by atoms with van der Waals surface area (Å²) < 4.78 is 5.49. The number of rotatable bonds is 8. The molecular weight excluding hydrogens is 212 g/mol. The fourth-order valence-electron chi connectivity index (χ4n) is 2.99. The van der Waals surface area contributed by atoms with Gasteiger partial charge in [-0.05, 0) is 51.9 Å². The van der Waals surface area contributed by atoms with Crippen LogP contribution in [0.25, 0.3) is 0 Å². The molecule has 0 aromatic carbocycles. The van der Waals surface area contributed by atoms with E-state index in [-0.39, 0.29) is 0 Å². The van der Waals surface area contributed by atoms with E-state index in [0.29, 0.717) is 5.41 Å². The molecule has 1 aliphatic heterocycles. The number of methoxy groups -OCH3 is 1. The van der Waals surface area contributed by atoms with Gasteiger partial charge < -0.3 is 15.0 Å². The molecule has 3 heteroatoms. The molecule has 1 N–H and O–H groups in total. The lowest BCUT2D eigenvalue weighted by Crippen LogP contribution is -2.47. The fraction of sp³-hybridized carbons (Fsp3) is 1.00. The summed E-state index contributed by atoms with van der Waals surface area (Å²) in [5.41, 5.74) is 0.393. The molecule has 0 bridgehead atoms. The van der Waals surface area contributed by atoms with Crippen LogP contribution in [0.2, 0.25) is 0 Å². The van der Waals surface area contributed by atoms with Crippen LogP contribution in [0.4, 0.5) is 0 Å². The van der Waals surface area contributed by atoms with Gasteiger partial charge in [0.15, 0.2) is 0 Å². The van der Waals surface area contributed by atoms with Crippen molar-refractivity contribution in [3.8, 4) is 0 Å². The third-order valence-corrected chi connectivity index (χ3v) is 3.75. The van der Waals surface area contributed by atoms with Crippen molar-refractivity contribution < 1.29 is 4.74 Å². The lowest BCUT2D eigenvalue weighted by molar-refractivity contribution is 0.0223. The van der Waals surface area contributed by atoms with Gasteiger partial charge in [0, 0.05) is 19.1 Å². The highest BCUT2D eigenvalue weighted by Crippen LogP contribution is 2.30. The average Bonchev–Trinajstić information content (AvgIpc) is 2.31. The first-order chi connectivity index (χ1) is 8.26. The number of hydrogen-bond acceptors (Lipinski definition) is 3. The van der Waals surface area contributed by atoms with Crippen LogP contribution in [0, 0.1) is 5.41 Å². The second kappa shape index (κ2) is 8.06. The van der Waals surface area contributed by atoms with E-state index in [9.17, 15) is 0 Å². The van der Waals surface area contributed by atoms with Crippen LogP contribution < -0.4 is 5.32 Å². The zero-order valence-corrected chi connectivity index (χ0v) is 11.9. The van der Waals surface area contributed by atoms with Crippen LogP contribution in [0.1, 0.15) is 39.5 Å². The van der Waals surface area contributed by atoms with E-state index >= 15 is 0 Å². The minimum absolute atomic E-state index is 0.393. The normalized spacial score (nSPS) is 19.8. The van der Waals surface area contributed by atoms with Gasteiger partial charge in [-0.1, -0.05) is 13.8 Å². The van der Waals surface area contributed by atoms with Crippen molar-refractivity contribution in [2.75, 3.05) is 46.4 Å². The molecule has 0 aromatic heterocycles. The minimum Gasteiger partial charge on any atom is -0.384 e. The Morgan fingerprint density at radius 2 is 1.71 bits per heavy atom. The Labute approximate surface area is 107 Å². The summed E-state index contributed by atoms with van der Waals surface area (Å²) in [4.78, 5) is 2.63. The van der Waals surface area contributed by atoms with Crippen LogP contribution in [0.3, 0.4) is 0 Å². The monoisotopic (exact) mass is 242 g/mol. The van der Waals surface area contributed by atoms with Gasteiger partial charge in [-0.15, -0.1) is 0 Å². The van der Waals surface area contributed by atoms with E-state index in [4.69, 9.17) is 4.74 Å². The highest BCUT2D eigenvalue weighted by atomic mass is 16.5. The summed E-state index contributed by atoms with van der Waals surface area (Å²) in [6.45, 7) is 11.4. The smallest absolute Gasteiger partial charge is 0.0531 e. The number of hydrogen-bond donors (Lipinski definition) is 1. The molecule has 1 fully saturated rings. The molecule has 1 heterocycles. The molecule has 0 saturated carbocycles. The lowest BCUT2D eigenvalue weighted by Gasteiger charge is -2.41. The Bertz CT molecular complexity index is 179. The molecule has 0 aliphatic carbocycles. The molecule has 102 valence electrons. The van der Waals surface area contributed by atoms with Crippen LogP contribution in [-0.4, -0.2) is 51.3 Å². The first kappa shape index (κ1) is 14.9. The van der Waals surface area contributed by atoms with Crippen molar-refractivity contribution in [3.05, 3.63) is 0 Å². The first-order valence-electron chi connectivity index (χ1n) is 7.18. The second-order valence-electron chi connectivity index (χ2n) is 5.46. The molecule has 17 heavy (non-hydrogen) atoms. The Morgan fingerprint density at radius 3 is 2.18 bits per heavy atom. The van der Waals surface area contributed by atoms with E-state index in [1.54, 1.807) is 0 Å². The Morgan fingerprint density at radius 1 is 1.12 bits per heavy atom. The van der Waals surface area contributed by atoms with Gasteiger partial charge in [0.25, 0.3) is 0 Å². The summed E-state index contributed by atoms with van der Waals surface area (Å²) in [6, 6.07) is 0. The summed E-state index contributed by atoms with van der Waals surface area (Å²) in [5, 5.41) is 3.46. The number of nitrogens with zero attached hydrogens (tertiary/aromatic N) is 1. The standard InChI is InChI=1S/C14H30N2O/c1-4-10-16(11-5-2)12-14(13-17-3)6-8-15-9-7-14/h15H,4-13H2,1-3H3. The van der Waals surface area contributed by atoms with Crippen molar-refractivity contribution in [2.45, 2.75) is 39.5 Å². The van der Waals surface area contributed by atoms with Crippen molar-refractivity contribution >= 4 is 0 Å². The molecule has 1 saturated heterocycles. The summed E-state index contributed by atoms with van der Waals surface area (Å²) in [5.74, 6) is 0. The zero-order chi connectivity index (χ0) is 12.6. The van der Waals surface area contributed by atoms with Gasteiger partial charge in [0.1, 0.15) is 0 Å². The van der Waals surface area contributed by atoms with E-state index < -0.39 is 0 Å². The maximum Gasteiger partial charge on any atom is 0.0531 e. The number of nitrogens with one attached hydrogen (secondary N) is 1. The maximum absolute atomic E-state index is 5.49. The maximum atomic E-state index is 5.49. The fourth-order valence-corrected chi connectivity index (χ4v) is 2.99. The van der Waals surface area contributed by atoms with Gasteiger partial charge in [-0.3, -0.25) is 0 Å². The first-order valence-corrected chi connectivity index (χ1v) is 7.18. The largest absolute Gasteiger partial charge is 0.384 e. The van der Waals surface area contributed by atoms with Crippen molar-refractivity contribution in [3.63, 3.8) is 0 Å². The molecule has 1 rings (SSSR count). The second-order valence-corrected chi connectivity index (χ2v) is 5.46. The van der Waals surface area contributed by atoms with E-state index in [1.807, 2.05) is 7.11 Å². The number of ether oxygens (including phenoxy) is 1. The van der Waals surface area contributed by atoms with Gasteiger partial charge >= 0.3 is 0 Å². The minimum atomic E-state index is 0.393. The lowest BCUT2D eigenvalue weighted by atomic mass is 9.79. The molecule has 0 amide bonds. The van der Waals surface area contributed by atoms with E-state index in [0.717, 1.165) is 19.7 Å². The zero-order valence-electron chi connectivity index (χ0n) is 11.9.